The third-order valence-electron chi connectivity index (χ3n) is 5.11. The van der Waals surface area contributed by atoms with E-state index in [0.717, 1.165) is 29.3 Å². The smallest absolute Gasteiger partial charge is 0.416 e. The summed E-state index contributed by atoms with van der Waals surface area (Å²) < 4.78 is 44.8. The minimum absolute atomic E-state index is 0.0926. The Hall–Kier alpha value is -4.10. The topological polar surface area (TPSA) is 91.2 Å². The number of nitrogens with one attached hydrogen (secondary N) is 2. The van der Waals surface area contributed by atoms with Crippen molar-refractivity contribution in [3.05, 3.63) is 93.0 Å². The molecule has 3 aromatic rings. The quantitative estimate of drug-likeness (QED) is 0.245. The number of hydrogen-bond donors (Lipinski definition) is 2. The summed E-state index contributed by atoms with van der Waals surface area (Å²) in [5.74, 6) is -0.843. The van der Waals surface area contributed by atoms with Crippen molar-refractivity contribution in [2.75, 3.05) is 17.2 Å². The van der Waals surface area contributed by atoms with E-state index in [-0.39, 0.29) is 23.8 Å². The first-order chi connectivity index (χ1) is 17.5. The highest BCUT2D eigenvalue weighted by molar-refractivity contribution is 9.10. The van der Waals surface area contributed by atoms with Gasteiger partial charge in [0.25, 0.3) is 11.8 Å². The number of alkyl halides is 3. The number of carbonyl (C=O) groups excluding carboxylic acids is 2. The van der Waals surface area contributed by atoms with Gasteiger partial charge in [-0.05, 0) is 88.9 Å². The van der Waals surface area contributed by atoms with Crippen molar-refractivity contribution in [1.82, 2.24) is 0 Å². The van der Waals surface area contributed by atoms with Gasteiger partial charge in [0.15, 0.2) is 6.61 Å². The maximum atomic E-state index is 12.9. The van der Waals surface area contributed by atoms with E-state index in [9.17, 15) is 28.0 Å². The second-order valence-corrected chi connectivity index (χ2v) is 8.90. The Bertz CT molecular complexity index is 1410. The first-order valence-corrected chi connectivity index (χ1v) is 11.7. The number of nitrogens with zero attached hydrogens (tertiary/aromatic N) is 1. The predicted octanol–water partition coefficient (Wildman–Crippen LogP) is 6.65. The Morgan fingerprint density at radius 1 is 1.05 bits per heavy atom. The van der Waals surface area contributed by atoms with Crippen LogP contribution >= 0.6 is 15.9 Å². The second-order valence-electron chi connectivity index (χ2n) is 8.05. The van der Waals surface area contributed by atoms with Crippen molar-refractivity contribution in [1.29, 1.82) is 5.26 Å². The van der Waals surface area contributed by atoms with Crippen molar-refractivity contribution in [3.8, 4) is 11.8 Å². The molecule has 10 heteroatoms. The Balaban J connectivity index is 1.66. The molecule has 0 heterocycles. The van der Waals surface area contributed by atoms with Gasteiger partial charge < -0.3 is 15.4 Å². The summed E-state index contributed by atoms with van der Waals surface area (Å²) in [4.78, 5) is 24.8. The van der Waals surface area contributed by atoms with E-state index in [1.54, 1.807) is 24.3 Å². The summed E-state index contributed by atoms with van der Waals surface area (Å²) in [6, 6.07) is 16.3. The number of carbonyl (C=O) groups is 2. The van der Waals surface area contributed by atoms with Gasteiger partial charge >= 0.3 is 6.18 Å². The number of hydrogen-bond acceptors (Lipinski definition) is 4. The number of halogens is 4. The fourth-order valence-corrected chi connectivity index (χ4v) is 3.72. The predicted molar refractivity (Wildman–Crippen MR) is 138 cm³/mol. The van der Waals surface area contributed by atoms with Gasteiger partial charge in [-0.25, -0.2) is 0 Å². The largest absolute Gasteiger partial charge is 0.483 e. The Kier molecular flexibility index (Phi) is 8.73. The zero-order chi connectivity index (χ0) is 27.2. The molecular weight excluding hydrogens is 551 g/mol. The Morgan fingerprint density at radius 2 is 1.81 bits per heavy atom. The highest BCUT2D eigenvalue weighted by atomic mass is 79.9. The number of ether oxygens (including phenoxy) is 1. The maximum absolute atomic E-state index is 12.9. The average molecular weight is 572 g/mol. The molecule has 0 saturated carbocycles. The zero-order valence-electron chi connectivity index (χ0n) is 19.7. The molecule has 0 fully saturated rings. The number of benzene rings is 3. The molecule has 3 aromatic carbocycles. The van der Waals surface area contributed by atoms with E-state index in [2.05, 4.69) is 26.6 Å². The van der Waals surface area contributed by atoms with E-state index >= 15 is 0 Å². The molecule has 0 radical (unpaired) electrons. The Labute approximate surface area is 219 Å². The molecule has 37 heavy (non-hydrogen) atoms. The van der Waals surface area contributed by atoms with Crippen LogP contribution in [0.25, 0.3) is 6.08 Å². The van der Waals surface area contributed by atoms with Crippen LogP contribution in [0.1, 0.15) is 22.3 Å². The van der Waals surface area contributed by atoms with Gasteiger partial charge in [-0.15, -0.1) is 0 Å². The second kappa shape index (κ2) is 11.8. The molecule has 2 N–H and O–H groups in total. The molecule has 3 rings (SSSR count). The summed E-state index contributed by atoms with van der Waals surface area (Å²) in [5.41, 5.74) is 1.75. The van der Waals surface area contributed by atoms with Gasteiger partial charge in [-0.2, -0.15) is 18.4 Å². The van der Waals surface area contributed by atoms with E-state index in [1.807, 2.05) is 32.0 Å². The standard InChI is InChI=1S/C27H21BrF3N3O3/c1-16-6-7-17(2)23(10-16)34-25(35)15-37-24-9-8-18(12-22(24)28)11-19(14-32)26(36)33-21-5-3-4-20(13-21)27(29,30)31/h3-13H,15H2,1-2H3,(H,33,36)(H,34,35)/b19-11+. The zero-order valence-corrected chi connectivity index (χ0v) is 21.3. The normalized spacial score (nSPS) is 11.4. The minimum Gasteiger partial charge on any atom is -0.483 e. The van der Waals surface area contributed by atoms with Crippen molar-refractivity contribution in [2.24, 2.45) is 0 Å². The fraction of sp³-hybridized carbons (Fsp3) is 0.148. The first kappa shape index (κ1) is 27.5. The van der Waals surface area contributed by atoms with E-state index in [1.165, 1.54) is 12.1 Å². The molecule has 0 spiro atoms. The Morgan fingerprint density at radius 3 is 2.49 bits per heavy atom. The highest BCUT2D eigenvalue weighted by Gasteiger charge is 2.30. The summed E-state index contributed by atoms with van der Waals surface area (Å²) in [5, 5.41) is 14.5. The number of anilines is 2. The molecule has 6 nitrogen and oxygen atoms in total. The number of nitriles is 1. The molecule has 2 amide bonds. The monoisotopic (exact) mass is 571 g/mol. The summed E-state index contributed by atoms with van der Waals surface area (Å²) >= 11 is 3.34. The highest BCUT2D eigenvalue weighted by Crippen LogP contribution is 2.31. The van der Waals surface area contributed by atoms with Gasteiger partial charge in [0.2, 0.25) is 0 Å². The van der Waals surface area contributed by atoms with Gasteiger partial charge in [0.05, 0.1) is 10.0 Å². The molecule has 0 aliphatic carbocycles. The lowest BCUT2D eigenvalue weighted by Gasteiger charge is -2.12. The lowest BCUT2D eigenvalue weighted by atomic mass is 10.1. The van der Waals surface area contributed by atoms with Crippen molar-refractivity contribution in [2.45, 2.75) is 20.0 Å². The molecule has 0 atom stereocenters. The maximum Gasteiger partial charge on any atom is 0.416 e. The van der Waals surface area contributed by atoms with Crippen molar-refractivity contribution >= 4 is 45.2 Å². The lowest BCUT2D eigenvalue weighted by Crippen LogP contribution is -2.20. The van der Waals surface area contributed by atoms with E-state index in [4.69, 9.17) is 4.74 Å². The molecule has 0 aliphatic heterocycles. The van der Waals surface area contributed by atoms with Crippen LogP contribution in [0.3, 0.4) is 0 Å². The number of aryl methyl sites for hydroxylation is 2. The van der Waals surface area contributed by atoms with Crippen LogP contribution in [0, 0.1) is 25.2 Å². The number of amides is 2. The molecule has 0 aromatic heterocycles. The molecule has 190 valence electrons. The molecule has 0 unspecified atom stereocenters. The van der Waals surface area contributed by atoms with Crippen molar-refractivity contribution < 1.29 is 27.5 Å². The van der Waals surface area contributed by atoms with Gasteiger partial charge in [-0.3, -0.25) is 9.59 Å². The van der Waals surface area contributed by atoms with Crippen LogP contribution < -0.4 is 15.4 Å². The third kappa shape index (κ3) is 7.69. The van der Waals surface area contributed by atoms with E-state index in [0.29, 0.717) is 21.5 Å². The van der Waals surface area contributed by atoms with E-state index < -0.39 is 17.6 Å². The summed E-state index contributed by atoms with van der Waals surface area (Å²) in [7, 11) is 0. The van der Waals surface area contributed by atoms with Gasteiger partial charge in [0, 0.05) is 11.4 Å². The van der Waals surface area contributed by atoms with Gasteiger partial charge in [0.1, 0.15) is 17.4 Å². The minimum atomic E-state index is -4.56. The molecule has 0 saturated heterocycles. The van der Waals surface area contributed by atoms with Gasteiger partial charge in [-0.1, -0.05) is 24.3 Å². The fourth-order valence-electron chi connectivity index (χ4n) is 3.21. The van der Waals surface area contributed by atoms with Crippen LogP contribution in [-0.2, 0) is 15.8 Å². The molecule has 0 aliphatic rings. The van der Waals surface area contributed by atoms with Crippen LogP contribution in [0.15, 0.2) is 70.7 Å². The van der Waals surface area contributed by atoms with Crippen LogP contribution in [0.5, 0.6) is 5.75 Å². The third-order valence-corrected chi connectivity index (χ3v) is 5.73. The van der Waals surface area contributed by atoms with Crippen LogP contribution in [0.4, 0.5) is 24.5 Å². The molecule has 0 bridgehead atoms. The average Bonchev–Trinajstić information content (AvgIpc) is 2.83. The van der Waals surface area contributed by atoms with Crippen LogP contribution in [0.2, 0.25) is 0 Å². The van der Waals surface area contributed by atoms with Crippen LogP contribution in [-0.4, -0.2) is 18.4 Å². The summed E-state index contributed by atoms with van der Waals surface area (Å²) in [6.07, 6.45) is -3.28. The lowest BCUT2D eigenvalue weighted by molar-refractivity contribution is -0.137. The number of rotatable bonds is 7. The SMILES string of the molecule is Cc1ccc(C)c(NC(=O)COc2ccc(/C=C(\C#N)C(=O)Nc3cccc(C(F)(F)F)c3)cc2Br)c1. The first-order valence-electron chi connectivity index (χ1n) is 10.9. The molecular formula is C27H21BrF3N3O3. The van der Waals surface area contributed by atoms with Crippen molar-refractivity contribution in [3.63, 3.8) is 0 Å². The summed E-state index contributed by atoms with van der Waals surface area (Å²) in [6.45, 7) is 3.56.